The normalized spacial score (nSPS) is 52.6. The van der Waals surface area contributed by atoms with E-state index in [0.717, 1.165) is 38.5 Å². The van der Waals surface area contributed by atoms with Crippen LogP contribution in [0.4, 0.5) is 0 Å². The van der Waals surface area contributed by atoms with Gasteiger partial charge in [-0.25, -0.2) is 0 Å². The van der Waals surface area contributed by atoms with E-state index in [4.69, 9.17) is 37.9 Å². The standard InChI is InChI=1S/C48H76O20/c1-8-25(52)39-38(63-22(3)51)21(2)48(68-39)16-15-46(6)24-9-10-29-44(4,23(24)11-14-47(46,48)7)13-12-30(45(29,5)20-50)66-41-36(59)35(58)33(56)28(65-41)19-62-43-40(31(54)26(53)18-61-43)67-42-37(60)34(57)32(55)27(17-49)64-42/h21,26-43,49-50,53-60H,8-20H2,1-7H3. The monoisotopic (exact) mass is 972 g/mol. The van der Waals surface area contributed by atoms with Crippen molar-refractivity contribution in [1.82, 2.24) is 0 Å². The zero-order valence-corrected chi connectivity index (χ0v) is 40.2. The van der Waals surface area contributed by atoms with Gasteiger partial charge in [-0.2, -0.15) is 0 Å². The summed E-state index contributed by atoms with van der Waals surface area (Å²) in [6, 6.07) is 0. The molecule has 0 radical (unpaired) electrons. The Kier molecular flexibility index (Phi) is 14.9. The number of allylic oxidation sites excluding steroid dienone is 2. The number of carbonyl (C=O) groups is 2. The molecule has 4 aliphatic carbocycles. The van der Waals surface area contributed by atoms with Crippen molar-refractivity contribution in [2.45, 2.75) is 216 Å². The predicted octanol–water partition coefficient (Wildman–Crippen LogP) is -0.751. The second-order valence-electron chi connectivity index (χ2n) is 22.0. The van der Waals surface area contributed by atoms with Crippen molar-refractivity contribution in [3.8, 4) is 0 Å². The van der Waals surface area contributed by atoms with Crippen LogP contribution in [0.5, 0.6) is 0 Å². The maximum Gasteiger partial charge on any atom is 0.303 e. The van der Waals surface area contributed by atoms with Crippen LogP contribution in [0.15, 0.2) is 11.1 Å². The third kappa shape index (κ3) is 8.08. The summed E-state index contributed by atoms with van der Waals surface area (Å²) in [6.45, 7) is 12.2. The average molecular weight is 973 g/mol. The van der Waals surface area contributed by atoms with Gasteiger partial charge in [0.1, 0.15) is 73.2 Å². The molecule has 24 atom stereocenters. The lowest BCUT2D eigenvalue weighted by molar-refractivity contribution is -0.365. The average Bonchev–Trinajstić information content (AvgIpc) is 3.73. The molecule has 8 aliphatic rings. The SMILES string of the molecule is CCC(=O)C1OC2(CCC3(C)C4=C(CCC32C)C2(C)CCC(OC3OC(COC5OCC(O)C(O)C5OC5OC(CO)C(O)C(O)C5O)C(O)C(O)C3O)C(C)(CO)C2CC4)C(C)C1OC(C)=O. The number of hydrogen-bond donors (Lipinski definition) is 10. The third-order valence-electron chi connectivity index (χ3n) is 18.8. The maximum atomic E-state index is 13.3. The molecule has 4 aliphatic heterocycles. The summed E-state index contributed by atoms with van der Waals surface area (Å²) in [5, 5.41) is 107. The van der Waals surface area contributed by atoms with Crippen molar-refractivity contribution in [2.75, 3.05) is 26.4 Å². The van der Waals surface area contributed by atoms with Crippen LogP contribution in [0.1, 0.15) is 106 Å². The van der Waals surface area contributed by atoms with Crippen molar-refractivity contribution in [3.05, 3.63) is 11.1 Å². The summed E-state index contributed by atoms with van der Waals surface area (Å²) in [5.41, 5.74) is 0.269. The fourth-order valence-electron chi connectivity index (χ4n) is 14.5. The van der Waals surface area contributed by atoms with Gasteiger partial charge in [0.05, 0.1) is 38.1 Å². The van der Waals surface area contributed by atoms with Gasteiger partial charge < -0.3 is 89.0 Å². The predicted molar refractivity (Wildman–Crippen MR) is 232 cm³/mol. The third-order valence-corrected chi connectivity index (χ3v) is 18.8. The summed E-state index contributed by atoms with van der Waals surface area (Å²) < 4.78 is 48.2. The molecule has 6 fully saturated rings. The fraction of sp³-hybridized carbons (Fsp3) is 0.917. The molecule has 24 unspecified atom stereocenters. The Hall–Kier alpha value is -1.80. The molecule has 2 saturated carbocycles. The van der Waals surface area contributed by atoms with E-state index in [9.17, 15) is 60.7 Å². The summed E-state index contributed by atoms with van der Waals surface area (Å²) in [6.07, 6.45) is -18.8. The summed E-state index contributed by atoms with van der Waals surface area (Å²) >= 11 is 0. The lowest BCUT2D eigenvalue weighted by atomic mass is 9.42. The molecule has 0 aromatic rings. The van der Waals surface area contributed by atoms with Gasteiger partial charge in [-0.1, -0.05) is 52.7 Å². The molecule has 20 heteroatoms. The lowest BCUT2D eigenvalue weighted by Crippen LogP contribution is -2.64. The Bertz CT molecular complexity index is 1880. The number of Topliss-reactive ketones (excluding diaryl/α,β-unsaturated/α-hetero) is 1. The highest BCUT2D eigenvalue weighted by Crippen LogP contribution is 2.75. The molecule has 0 aromatic heterocycles. The Morgan fingerprint density at radius 2 is 1.37 bits per heavy atom. The van der Waals surface area contributed by atoms with Crippen LogP contribution in [0.3, 0.4) is 0 Å². The van der Waals surface area contributed by atoms with E-state index in [2.05, 4.69) is 27.7 Å². The van der Waals surface area contributed by atoms with Crippen LogP contribution in [-0.4, -0.2) is 199 Å². The molecule has 388 valence electrons. The number of aliphatic hydroxyl groups is 10. The van der Waals surface area contributed by atoms with Crippen molar-refractivity contribution in [3.63, 3.8) is 0 Å². The van der Waals surface area contributed by atoms with E-state index in [1.807, 2.05) is 6.92 Å². The van der Waals surface area contributed by atoms with Gasteiger partial charge >= 0.3 is 5.97 Å². The molecule has 4 heterocycles. The minimum atomic E-state index is -1.85. The first-order valence-electron chi connectivity index (χ1n) is 24.6. The van der Waals surface area contributed by atoms with Gasteiger partial charge in [0.2, 0.25) is 0 Å². The second-order valence-corrected chi connectivity index (χ2v) is 22.0. The number of ketones is 1. The topological polar surface area (TPSA) is 310 Å². The molecule has 20 nitrogen and oxygen atoms in total. The molecule has 4 saturated heterocycles. The maximum absolute atomic E-state index is 13.3. The Labute approximate surface area is 396 Å². The first-order chi connectivity index (χ1) is 32.0. The number of aliphatic hydroxyl groups excluding tert-OH is 10. The van der Waals surface area contributed by atoms with E-state index in [-0.39, 0.29) is 46.9 Å². The van der Waals surface area contributed by atoms with Gasteiger partial charge in [0, 0.05) is 30.1 Å². The van der Waals surface area contributed by atoms with Gasteiger partial charge in [-0.15, -0.1) is 0 Å². The highest BCUT2D eigenvalue weighted by molar-refractivity contribution is 5.84. The van der Waals surface area contributed by atoms with Crippen molar-refractivity contribution in [1.29, 1.82) is 0 Å². The van der Waals surface area contributed by atoms with Gasteiger partial charge in [-0.3, -0.25) is 9.59 Å². The highest BCUT2D eigenvalue weighted by Gasteiger charge is 2.74. The van der Waals surface area contributed by atoms with E-state index in [1.54, 1.807) is 6.92 Å². The largest absolute Gasteiger partial charge is 0.459 e. The highest BCUT2D eigenvalue weighted by atomic mass is 16.8. The number of hydrogen-bond acceptors (Lipinski definition) is 20. The van der Waals surface area contributed by atoms with Gasteiger partial charge in [0.25, 0.3) is 0 Å². The molecule has 0 bridgehead atoms. The zero-order chi connectivity index (χ0) is 49.6. The minimum Gasteiger partial charge on any atom is -0.459 e. The number of ether oxygens (including phenoxy) is 8. The summed E-state index contributed by atoms with van der Waals surface area (Å²) in [7, 11) is 0. The molecular formula is C48H76O20. The van der Waals surface area contributed by atoms with E-state index in [1.165, 1.54) is 18.1 Å². The van der Waals surface area contributed by atoms with E-state index in [0.29, 0.717) is 12.8 Å². The number of carbonyl (C=O) groups excluding carboxylic acids is 2. The molecule has 0 amide bonds. The number of rotatable bonds is 12. The molecular weight excluding hydrogens is 897 g/mol. The smallest absolute Gasteiger partial charge is 0.303 e. The number of esters is 1. The summed E-state index contributed by atoms with van der Waals surface area (Å²) in [4.78, 5) is 25.7. The summed E-state index contributed by atoms with van der Waals surface area (Å²) in [5.74, 6) is -0.784. The Morgan fingerprint density at radius 1 is 0.721 bits per heavy atom. The van der Waals surface area contributed by atoms with Crippen molar-refractivity contribution >= 4 is 11.8 Å². The zero-order valence-electron chi connectivity index (χ0n) is 40.2. The van der Waals surface area contributed by atoms with Crippen LogP contribution in [0.2, 0.25) is 0 Å². The van der Waals surface area contributed by atoms with E-state index >= 15 is 0 Å². The van der Waals surface area contributed by atoms with Crippen molar-refractivity contribution in [2.24, 2.45) is 33.5 Å². The second kappa shape index (κ2) is 19.2. The molecule has 1 spiro atoms. The van der Waals surface area contributed by atoms with Gasteiger partial charge in [0.15, 0.2) is 30.8 Å². The van der Waals surface area contributed by atoms with Crippen LogP contribution in [0, 0.1) is 33.5 Å². The minimum absolute atomic E-state index is 0.0661. The lowest BCUT2D eigenvalue weighted by Gasteiger charge is -2.63. The van der Waals surface area contributed by atoms with Crippen LogP contribution in [-0.2, 0) is 47.5 Å². The fourth-order valence-corrected chi connectivity index (χ4v) is 14.5. The van der Waals surface area contributed by atoms with Gasteiger partial charge in [-0.05, 0) is 68.1 Å². The quantitative estimate of drug-likeness (QED) is 0.0850. The Balaban J connectivity index is 0.977. The first-order valence-corrected chi connectivity index (χ1v) is 24.6. The molecule has 10 N–H and O–H groups in total. The van der Waals surface area contributed by atoms with Crippen LogP contribution >= 0.6 is 0 Å². The number of fused-ring (bicyclic) bond motifs is 5. The van der Waals surface area contributed by atoms with E-state index < -0.39 is 141 Å². The molecule has 8 rings (SSSR count). The van der Waals surface area contributed by atoms with Crippen molar-refractivity contribution < 1.29 is 98.5 Å². The molecule has 0 aromatic carbocycles. The first kappa shape index (κ1) is 52.5. The van der Waals surface area contributed by atoms with Crippen LogP contribution in [0.25, 0.3) is 0 Å². The van der Waals surface area contributed by atoms with Crippen LogP contribution < -0.4 is 0 Å². The molecule has 68 heavy (non-hydrogen) atoms. The Morgan fingerprint density at radius 3 is 2.00 bits per heavy atom.